The number of hydrogen-bond donors (Lipinski definition) is 1. The van der Waals surface area contributed by atoms with Crippen molar-refractivity contribution in [2.24, 2.45) is 0 Å². The average molecular weight is 275 g/mol. The molecule has 0 aromatic heterocycles. The van der Waals surface area contributed by atoms with Gasteiger partial charge in [0, 0.05) is 12.1 Å². The fraction of sp³-hybridized carbons (Fsp3) is 0.529. The third kappa shape index (κ3) is 6.60. The molecule has 3 heteroatoms. The van der Waals surface area contributed by atoms with Crippen LogP contribution >= 0.6 is 0 Å². The number of aliphatic hydroxyl groups excluding tert-OH is 1. The zero-order chi connectivity index (χ0) is 14.6. The minimum absolute atomic E-state index is 0.108. The van der Waals surface area contributed by atoms with E-state index in [0.29, 0.717) is 6.61 Å². The van der Waals surface area contributed by atoms with Gasteiger partial charge < -0.3 is 14.7 Å². The molecule has 0 fully saturated rings. The monoisotopic (exact) mass is 275 g/mol. The molecular weight excluding hydrogens is 250 g/mol. The van der Waals surface area contributed by atoms with E-state index in [2.05, 4.69) is 30.6 Å². The topological polar surface area (TPSA) is 32.7 Å². The highest BCUT2D eigenvalue weighted by Crippen LogP contribution is 2.11. The van der Waals surface area contributed by atoms with Crippen LogP contribution in [0.5, 0.6) is 5.75 Å². The van der Waals surface area contributed by atoms with Gasteiger partial charge >= 0.3 is 0 Å². The minimum atomic E-state index is -0.108. The molecular formula is C17H25NO2. The highest BCUT2D eigenvalue weighted by atomic mass is 16.5. The number of benzene rings is 1. The van der Waals surface area contributed by atoms with Crippen LogP contribution in [-0.2, 0) is 0 Å². The molecule has 0 amide bonds. The van der Waals surface area contributed by atoms with Crippen molar-refractivity contribution in [2.45, 2.75) is 26.7 Å². The van der Waals surface area contributed by atoms with Crippen LogP contribution in [0.4, 0.5) is 0 Å². The third-order valence-corrected chi connectivity index (χ3v) is 3.12. The highest BCUT2D eigenvalue weighted by molar-refractivity contribution is 5.38. The fourth-order valence-electron chi connectivity index (χ4n) is 1.88. The Bertz CT molecular complexity index is 417. The van der Waals surface area contributed by atoms with Crippen LogP contribution in [0.1, 0.15) is 32.3 Å². The van der Waals surface area contributed by atoms with Crippen LogP contribution in [0.15, 0.2) is 24.3 Å². The summed E-state index contributed by atoms with van der Waals surface area (Å²) in [4.78, 5) is 2.41. The van der Waals surface area contributed by atoms with Crippen molar-refractivity contribution in [3.63, 3.8) is 0 Å². The van der Waals surface area contributed by atoms with E-state index in [1.165, 1.54) is 12.8 Å². The van der Waals surface area contributed by atoms with Crippen molar-refractivity contribution < 1.29 is 9.84 Å². The van der Waals surface area contributed by atoms with E-state index in [9.17, 15) is 0 Å². The molecule has 1 N–H and O–H groups in total. The summed E-state index contributed by atoms with van der Waals surface area (Å²) in [5, 5.41) is 8.63. The zero-order valence-corrected chi connectivity index (χ0v) is 12.6. The van der Waals surface area contributed by atoms with Gasteiger partial charge in [-0.15, -0.1) is 0 Å². The van der Waals surface area contributed by atoms with E-state index in [-0.39, 0.29) is 6.61 Å². The van der Waals surface area contributed by atoms with Gasteiger partial charge in [0.1, 0.15) is 19.0 Å². The Morgan fingerprint density at radius 3 is 2.50 bits per heavy atom. The van der Waals surface area contributed by atoms with E-state index < -0.39 is 0 Å². The van der Waals surface area contributed by atoms with Gasteiger partial charge in [-0.1, -0.05) is 32.1 Å². The number of aliphatic hydroxyl groups is 1. The molecule has 0 heterocycles. The van der Waals surface area contributed by atoms with Gasteiger partial charge in [0.2, 0.25) is 0 Å². The molecule has 1 aromatic rings. The molecule has 1 aromatic carbocycles. The summed E-state index contributed by atoms with van der Waals surface area (Å²) in [5.41, 5.74) is 0.893. The number of hydrogen-bond acceptors (Lipinski definition) is 3. The second-order valence-electron chi connectivity index (χ2n) is 4.62. The Morgan fingerprint density at radius 2 is 1.90 bits per heavy atom. The van der Waals surface area contributed by atoms with Gasteiger partial charge in [-0.05, 0) is 43.8 Å². The molecule has 3 nitrogen and oxygen atoms in total. The summed E-state index contributed by atoms with van der Waals surface area (Å²) in [5.74, 6) is 6.36. The largest absolute Gasteiger partial charge is 0.492 e. The van der Waals surface area contributed by atoms with Crippen molar-refractivity contribution in [1.82, 2.24) is 4.90 Å². The van der Waals surface area contributed by atoms with Crippen molar-refractivity contribution in [3.8, 4) is 17.6 Å². The lowest BCUT2D eigenvalue weighted by Gasteiger charge is -2.20. The lowest BCUT2D eigenvalue weighted by atomic mass is 10.2. The van der Waals surface area contributed by atoms with Crippen molar-refractivity contribution >= 4 is 0 Å². The second-order valence-corrected chi connectivity index (χ2v) is 4.62. The number of rotatable bonds is 8. The van der Waals surface area contributed by atoms with E-state index >= 15 is 0 Å². The Balaban J connectivity index is 2.34. The SMILES string of the molecule is CCCCN(CC)CCOc1ccc(C#CCO)cc1. The van der Waals surface area contributed by atoms with Crippen LogP contribution in [0.2, 0.25) is 0 Å². The molecule has 1 rings (SSSR count). The second kappa shape index (κ2) is 10.3. The maximum atomic E-state index is 8.63. The Hall–Kier alpha value is -1.50. The normalized spacial score (nSPS) is 10.2. The van der Waals surface area contributed by atoms with Gasteiger partial charge in [0.25, 0.3) is 0 Å². The first-order valence-corrected chi connectivity index (χ1v) is 7.35. The van der Waals surface area contributed by atoms with Crippen LogP contribution in [0.3, 0.4) is 0 Å². The van der Waals surface area contributed by atoms with Crippen LogP contribution in [0, 0.1) is 11.8 Å². The van der Waals surface area contributed by atoms with E-state index in [0.717, 1.165) is 30.9 Å². The van der Waals surface area contributed by atoms with Crippen LogP contribution < -0.4 is 4.74 Å². The summed E-state index contributed by atoms with van der Waals surface area (Å²) < 4.78 is 5.74. The van der Waals surface area contributed by atoms with Gasteiger partial charge in [-0.2, -0.15) is 0 Å². The molecule has 0 saturated heterocycles. The van der Waals surface area contributed by atoms with Crippen LogP contribution in [-0.4, -0.2) is 42.9 Å². The summed E-state index contributed by atoms with van der Waals surface area (Å²) in [7, 11) is 0. The molecule has 20 heavy (non-hydrogen) atoms. The van der Waals surface area contributed by atoms with Gasteiger partial charge in [-0.3, -0.25) is 0 Å². The first kappa shape index (κ1) is 16.6. The maximum Gasteiger partial charge on any atom is 0.119 e. The van der Waals surface area contributed by atoms with E-state index in [1.807, 2.05) is 24.3 Å². The Morgan fingerprint density at radius 1 is 1.15 bits per heavy atom. The predicted octanol–water partition coefficient (Wildman–Crippen LogP) is 2.53. The first-order chi connectivity index (χ1) is 9.80. The molecule has 0 bridgehead atoms. The van der Waals surface area contributed by atoms with Crippen molar-refractivity contribution in [2.75, 3.05) is 32.8 Å². The number of nitrogens with zero attached hydrogens (tertiary/aromatic N) is 1. The molecule has 0 aliphatic heterocycles. The number of likely N-dealkylation sites (N-methyl/N-ethyl adjacent to an activating group) is 1. The lowest BCUT2D eigenvalue weighted by Crippen LogP contribution is -2.29. The molecule has 0 radical (unpaired) electrons. The Kier molecular flexibility index (Phi) is 8.53. The predicted molar refractivity (Wildman–Crippen MR) is 82.9 cm³/mol. The molecule has 0 saturated carbocycles. The first-order valence-electron chi connectivity index (χ1n) is 7.35. The van der Waals surface area contributed by atoms with Crippen molar-refractivity contribution in [3.05, 3.63) is 29.8 Å². The fourth-order valence-corrected chi connectivity index (χ4v) is 1.88. The molecule has 0 aliphatic rings. The Labute approximate surface area is 122 Å². The summed E-state index contributed by atoms with van der Waals surface area (Å²) in [6.07, 6.45) is 2.47. The van der Waals surface area contributed by atoms with Crippen LogP contribution in [0.25, 0.3) is 0 Å². The van der Waals surface area contributed by atoms with Gasteiger partial charge in [0.15, 0.2) is 0 Å². The molecule has 0 atom stereocenters. The summed E-state index contributed by atoms with van der Waals surface area (Å²) in [6.45, 7) is 8.17. The summed E-state index contributed by atoms with van der Waals surface area (Å²) >= 11 is 0. The lowest BCUT2D eigenvalue weighted by molar-refractivity contribution is 0.213. The highest BCUT2D eigenvalue weighted by Gasteiger charge is 2.01. The standard InChI is InChI=1S/C17H25NO2/c1-3-5-12-18(4-2)13-15-20-17-10-8-16(9-11-17)7-6-14-19/h8-11,19H,3-5,12-15H2,1-2H3. The molecule has 0 aliphatic carbocycles. The maximum absolute atomic E-state index is 8.63. The molecule has 0 spiro atoms. The number of unbranched alkanes of at least 4 members (excludes halogenated alkanes) is 1. The molecule has 110 valence electrons. The van der Waals surface area contributed by atoms with Gasteiger partial charge in [-0.25, -0.2) is 0 Å². The zero-order valence-electron chi connectivity index (χ0n) is 12.6. The average Bonchev–Trinajstić information content (AvgIpc) is 2.49. The third-order valence-electron chi connectivity index (χ3n) is 3.12. The van der Waals surface area contributed by atoms with Gasteiger partial charge in [0.05, 0.1) is 0 Å². The van der Waals surface area contributed by atoms with E-state index in [4.69, 9.17) is 9.84 Å². The smallest absolute Gasteiger partial charge is 0.119 e. The minimum Gasteiger partial charge on any atom is -0.492 e. The quantitative estimate of drug-likeness (QED) is 0.740. The summed E-state index contributed by atoms with van der Waals surface area (Å²) in [6, 6.07) is 7.66. The number of ether oxygens (including phenoxy) is 1. The van der Waals surface area contributed by atoms with E-state index in [1.54, 1.807) is 0 Å². The van der Waals surface area contributed by atoms with Crippen molar-refractivity contribution in [1.29, 1.82) is 0 Å². The molecule has 0 unspecified atom stereocenters.